The van der Waals surface area contributed by atoms with Crippen LogP contribution in [0.4, 0.5) is 4.79 Å². The molecule has 0 aromatic carbocycles. The molecule has 0 unspecified atom stereocenters. The Bertz CT molecular complexity index is 341. The number of hydrogen-bond acceptors (Lipinski definition) is 3. The second kappa shape index (κ2) is 5.72. The molecule has 1 heterocycles. The molecular weight excluding hydrogens is 220 g/mol. The SMILES string of the molecule is CC(C)(C)OC(=O)N[C@H](CO)Cc1ccc[nH]1. The molecule has 0 radical (unpaired) electrons. The lowest BCUT2D eigenvalue weighted by Gasteiger charge is -2.22. The van der Waals surface area contributed by atoms with Crippen LogP contribution < -0.4 is 5.32 Å². The van der Waals surface area contributed by atoms with Crippen LogP contribution in [0.3, 0.4) is 0 Å². The van der Waals surface area contributed by atoms with Crippen molar-refractivity contribution in [3.8, 4) is 0 Å². The van der Waals surface area contributed by atoms with E-state index in [0.717, 1.165) is 5.69 Å². The maximum absolute atomic E-state index is 11.5. The van der Waals surface area contributed by atoms with Gasteiger partial charge in [-0.05, 0) is 32.9 Å². The number of ether oxygens (including phenoxy) is 1. The van der Waals surface area contributed by atoms with Gasteiger partial charge in [-0.25, -0.2) is 4.79 Å². The van der Waals surface area contributed by atoms with Gasteiger partial charge in [-0.1, -0.05) is 0 Å². The summed E-state index contributed by atoms with van der Waals surface area (Å²) in [7, 11) is 0. The van der Waals surface area contributed by atoms with E-state index in [4.69, 9.17) is 4.74 Å². The number of amides is 1. The van der Waals surface area contributed by atoms with Gasteiger partial charge < -0.3 is 20.1 Å². The van der Waals surface area contributed by atoms with Gasteiger partial charge in [0.1, 0.15) is 5.60 Å². The Balaban J connectivity index is 2.44. The molecule has 0 aliphatic carbocycles. The van der Waals surface area contributed by atoms with E-state index < -0.39 is 11.7 Å². The van der Waals surface area contributed by atoms with E-state index in [2.05, 4.69) is 10.3 Å². The number of nitrogens with one attached hydrogen (secondary N) is 2. The predicted octanol–water partition coefficient (Wildman–Crippen LogP) is 1.44. The quantitative estimate of drug-likeness (QED) is 0.745. The molecule has 0 aliphatic rings. The van der Waals surface area contributed by atoms with Crippen LogP contribution in [-0.2, 0) is 11.2 Å². The zero-order valence-electron chi connectivity index (χ0n) is 10.5. The highest BCUT2D eigenvalue weighted by atomic mass is 16.6. The maximum atomic E-state index is 11.5. The minimum atomic E-state index is -0.531. The lowest BCUT2D eigenvalue weighted by Crippen LogP contribution is -2.42. The van der Waals surface area contributed by atoms with Gasteiger partial charge >= 0.3 is 6.09 Å². The first-order valence-electron chi connectivity index (χ1n) is 5.63. The number of aliphatic hydroxyl groups is 1. The topological polar surface area (TPSA) is 74.3 Å². The largest absolute Gasteiger partial charge is 0.444 e. The number of alkyl carbamates (subject to hydrolysis) is 1. The Morgan fingerprint density at radius 2 is 2.29 bits per heavy atom. The molecule has 0 saturated heterocycles. The standard InChI is InChI=1S/C12H20N2O3/c1-12(2,3)17-11(16)14-10(8-15)7-9-5-4-6-13-9/h4-6,10,13,15H,7-8H2,1-3H3,(H,14,16)/t10-/m0/s1. The lowest BCUT2D eigenvalue weighted by molar-refractivity contribution is 0.0482. The average molecular weight is 240 g/mol. The molecule has 1 aromatic rings. The first kappa shape index (κ1) is 13.6. The van der Waals surface area contributed by atoms with Crippen molar-refractivity contribution in [2.24, 2.45) is 0 Å². The van der Waals surface area contributed by atoms with Gasteiger partial charge in [0.25, 0.3) is 0 Å². The third kappa shape index (κ3) is 5.40. The van der Waals surface area contributed by atoms with Crippen molar-refractivity contribution in [2.45, 2.75) is 38.8 Å². The summed E-state index contributed by atoms with van der Waals surface area (Å²) in [5, 5.41) is 11.8. The summed E-state index contributed by atoms with van der Waals surface area (Å²) in [5.41, 5.74) is 0.427. The number of H-pyrrole nitrogens is 1. The molecule has 0 fully saturated rings. The molecule has 0 saturated carbocycles. The van der Waals surface area contributed by atoms with E-state index in [9.17, 15) is 9.90 Å². The number of aromatic amines is 1. The maximum Gasteiger partial charge on any atom is 0.407 e. The van der Waals surface area contributed by atoms with Crippen LogP contribution in [0.25, 0.3) is 0 Å². The van der Waals surface area contributed by atoms with Gasteiger partial charge in [-0.3, -0.25) is 0 Å². The fraction of sp³-hybridized carbons (Fsp3) is 0.583. The third-order valence-corrected chi connectivity index (χ3v) is 2.07. The van der Waals surface area contributed by atoms with Crippen molar-refractivity contribution >= 4 is 6.09 Å². The van der Waals surface area contributed by atoms with Crippen LogP contribution in [0.1, 0.15) is 26.5 Å². The van der Waals surface area contributed by atoms with Gasteiger partial charge in [0, 0.05) is 18.3 Å². The van der Waals surface area contributed by atoms with Crippen molar-refractivity contribution in [2.75, 3.05) is 6.61 Å². The first-order valence-corrected chi connectivity index (χ1v) is 5.63. The van der Waals surface area contributed by atoms with E-state index in [1.54, 1.807) is 27.0 Å². The average Bonchev–Trinajstić information content (AvgIpc) is 2.66. The molecular formula is C12H20N2O3. The number of carbonyl (C=O) groups is 1. The molecule has 5 nitrogen and oxygen atoms in total. The highest BCUT2D eigenvalue weighted by molar-refractivity contribution is 5.68. The van der Waals surface area contributed by atoms with E-state index in [-0.39, 0.29) is 12.6 Å². The Labute approximate surface area is 101 Å². The van der Waals surface area contributed by atoms with Crippen LogP contribution in [-0.4, -0.2) is 34.4 Å². The molecule has 0 spiro atoms. The molecule has 1 amide bonds. The molecule has 1 rings (SSSR count). The summed E-state index contributed by atoms with van der Waals surface area (Å²) in [5.74, 6) is 0. The second-order valence-electron chi connectivity index (χ2n) is 4.93. The molecule has 17 heavy (non-hydrogen) atoms. The number of hydrogen-bond donors (Lipinski definition) is 3. The summed E-state index contributed by atoms with van der Waals surface area (Å²) >= 11 is 0. The zero-order chi connectivity index (χ0) is 12.9. The minimum absolute atomic E-state index is 0.127. The summed E-state index contributed by atoms with van der Waals surface area (Å²) < 4.78 is 5.12. The van der Waals surface area contributed by atoms with E-state index >= 15 is 0 Å². The Hall–Kier alpha value is -1.49. The van der Waals surface area contributed by atoms with Gasteiger partial charge in [0.15, 0.2) is 0 Å². The molecule has 96 valence electrons. The van der Waals surface area contributed by atoms with Crippen LogP contribution in [0.15, 0.2) is 18.3 Å². The lowest BCUT2D eigenvalue weighted by atomic mass is 10.1. The van der Waals surface area contributed by atoms with Crippen molar-refractivity contribution in [3.05, 3.63) is 24.0 Å². The van der Waals surface area contributed by atoms with Crippen LogP contribution in [0, 0.1) is 0 Å². The Morgan fingerprint density at radius 3 is 2.76 bits per heavy atom. The smallest absolute Gasteiger partial charge is 0.407 e. The second-order valence-corrected chi connectivity index (χ2v) is 4.93. The number of rotatable bonds is 4. The monoisotopic (exact) mass is 240 g/mol. The van der Waals surface area contributed by atoms with Crippen molar-refractivity contribution < 1.29 is 14.6 Å². The van der Waals surface area contributed by atoms with E-state index in [1.165, 1.54) is 0 Å². The van der Waals surface area contributed by atoms with E-state index in [1.807, 2.05) is 12.1 Å². The molecule has 1 atom stereocenters. The van der Waals surface area contributed by atoms with Gasteiger partial charge in [0.2, 0.25) is 0 Å². The fourth-order valence-corrected chi connectivity index (χ4v) is 1.40. The summed E-state index contributed by atoms with van der Waals surface area (Å²) in [6, 6.07) is 3.43. The van der Waals surface area contributed by atoms with Gasteiger partial charge in [-0.2, -0.15) is 0 Å². The first-order chi connectivity index (χ1) is 7.90. The minimum Gasteiger partial charge on any atom is -0.444 e. The highest BCUT2D eigenvalue weighted by Gasteiger charge is 2.19. The van der Waals surface area contributed by atoms with Crippen LogP contribution >= 0.6 is 0 Å². The third-order valence-electron chi connectivity index (χ3n) is 2.07. The molecule has 1 aromatic heterocycles. The number of carbonyl (C=O) groups excluding carboxylic acids is 1. The van der Waals surface area contributed by atoms with Gasteiger partial charge in [0.05, 0.1) is 12.6 Å². The zero-order valence-corrected chi connectivity index (χ0v) is 10.5. The molecule has 5 heteroatoms. The number of aromatic nitrogens is 1. The van der Waals surface area contributed by atoms with Crippen LogP contribution in [0.5, 0.6) is 0 Å². The van der Waals surface area contributed by atoms with Crippen molar-refractivity contribution in [1.82, 2.24) is 10.3 Å². The summed E-state index contributed by atoms with van der Waals surface area (Å²) in [6.45, 7) is 5.26. The Kier molecular flexibility index (Phi) is 4.57. The molecule has 0 aliphatic heterocycles. The summed E-state index contributed by atoms with van der Waals surface area (Å²) in [6.07, 6.45) is 1.84. The van der Waals surface area contributed by atoms with Crippen LogP contribution in [0.2, 0.25) is 0 Å². The fourth-order valence-electron chi connectivity index (χ4n) is 1.40. The van der Waals surface area contributed by atoms with Gasteiger partial charge in [-0.15, -0.1) is 0 Å². The predicted molar refractivity (Wildman–Crippen MR) is 64.7 cm³/mol. The highest BCUT2D eigenvalue weighted by Crippen LogP contribution is 2.07. The molecule has 0 bridgehead atoms. The normalized spacial score (nSPS) is 13.2. The van der Waals surface area contributed by atoms with Crippen molar-refractivity contribution in [3.63, 3.8) is 0 Å². The Morgan fingerprint density at radius 1 is 1.59 bits per heavy atom. The molecule has 3 N–H and O–H groups in total. The summed E-state index contributed by atoms with van der Waals surface area (Å²) in [4.78, 5) is 14.5. The van der Waals surface area contributed by atoms with E-state index in [0.29, 0.717) is 6.42 Å². The number of aliphatic hydroxyl groups excluding tert-OH is 1. The van der Waals surface area contributed by atoms with Crippen molar-refractivity contribution in [1.29, 1.82) is 0 Å².